The van der Waals surface area contributed by atoms with Gasteiger partial charge in [0.15, 0.2) is 0 Å². The van der Waals surface area contributed by atoms with E-state index in [-0.39, 0.29) is 11.3 Å². The van der Waals surface area contributed by atoms with E-state index in [9.17, 15) is 4.79 Å². The van der Waals surface area contributed by atoms with E-state index in [1.165, 1.54) is 4.90 Å². The minimum atomic E-state index is 0.00483. The van der Waals surface area contributed by atoms with Crippen LogP contribution in [0.1, 0.15) is 19.4 Å². The molecule has 1 rings (SSSR count). The van der Waals surface area contributed by atoms with Crippen molar-refractivity contribution in [1.82, 2.24) is 5.32 Å². The molecule has 0 aromatic heterocycles. The maximum Gasteiger partial charge on any atom is 0.224 e. The lowest BCUT2D eigenvalue weighted by atomic mass is 9.93. The summed E-state index contributed by atoms with van der Waals surface area (Å²) >= 11 is 11.8. The van der Waals surface area contributed by atoms with Crippen molar-refractivity contribution in [1.29, 1.82) is 0 Å². The highest BCUT2D eigenvalue weighted by atomic mass is 35.5. The van der Waals surface area contributed by atoms with E-state index in [0.717, 1.165) is 12.1 Å². The number of rotatable bonds is 6. The van der Waals surface area contributed by atoms with E-state index < -0.39 is 0 Å². The zero-order valence-corrected chi connectivity index (χ0v) is 14.0. The van der Waals surface area contributed by atoms with E-state index in [4.69, 9.17) is 23.2 Å². The Kier molecular flexibility index (Phi) is 6.31. The summed E-state index contributed by atoms with van der Waals surface area (Å²) in [5.74, 6) is 0.00483. The number of halogens is 2. The highest BCUT2D eigenvalue weighted by Crippen LogP contribution is 2.22. The fraction of sp³-hybridized carbons (Fsp3) is 0.533. The van der Waals surface area contributed by atoms with Crippen LogP contribution in [0.25, 0.3) is 0 Å². The van der Waals surface area contributed by atoms with Crippen LogP contribution in [0.4, 0.5) is 0 Å². The normalized spacial score (nSPS) is 11.8. The molecular formula is C15H23Cl2N2O+. The standard InChI is InChI=1S/C15H22Cl2N2O/c1-15(2,10-19(3)4)9-18-14(20)8-11-5-6-12(16)13(17)7-11/h5-7H,8-10H2,1-4H3,(H,18,20)/p+1. The topological polar surface area (TPSA) is 33.5 Å². The molecular weight excluding hydrogens is 295 g/mol. The summed E-state index contributed by atoms with van der Waals surface area (Å²) in [7, 11) is 4.22. The third-order valence-corrected chi connectivity index (χ3v) is 3.68. The summed E-state index contributed by atoms with van der Waals surface area (Å²) in [5.41, 5.74) is 0.944. The first-order valence-electron chi connectivity index (χ1n) is 6.69. The zero-order chi connectivity index (χ0) is 15.3. The molecule has 20 heavy (non-hydrogen) atoms. The Labute approximate surface area is 131 Å². The Morgan fingerprint density at radius 3 is 2.45 bits per heavy atom. The number of benzene rings is 1. The van der Waals surface area contributed by atoms with Crippen molar-refractivity contribution in [3.8, 4) is 0 Å². The Hall–Kier alpha value is -0.770. The number of hydrogen-bond acceptors (Lipinski definition) is 1. The zero-order valence-electron chi connectivity index (χ0n) is 12.5. The average Bonchev–Trinajstić information content (AvgIpc) is 2.30. The quantitative estimate of drug-likeness (QED) is 0.824. The van der Waals surface area contributed by atoms with Crippen molar-refractivity contribution in [3.05, 3.63) is 33.8 Å². The van der Waals surface area contributed by atoms with Gasteiger partial charge in [0.25, 0.3) is 0 Å². The molecule has 0 atom stereocenters. The molecule has 0 saturated carbocycles. The van der Waals surface area contributed by atoms with Crippen LogP contribution in [-0.4, -0.2) is 33.1 Å². The largest absolute Gasteiger partial charge is 0.355 e. The van der Waals surface area contributed by atoms with Crippen LogP contribution in [-0.2, 0) is 11.2 Å². The second kappa shape index (κ2) is 7.30. The maximum atomic E-state index is 11.9. The minimum Gasteiger partial charge on any atom is -0.355 e. The van der Waals surface area contributed by atoms with Gasteiger partial charge in [0.1, 0.15) is 0 Å². The highest BCUT2D eigenvalue weighted by molar-refractivity contribution is 6.42. The van der Waals surface area contributed by atoms with Crippen molar-refractivity contribution in [3.63, 3.8) is 0 Å². The molecule has 5 heteroatoms. The van der Waals surface area contributed by atoms with Gasteiger partial charge in [-0.25, -0.2) is 0 Å². The summed E-state index contributed by atoms with van der Waals surface area (Å²) in [6.07, 6.45) is 0.321. The molecule has 3 nitrogen and oxygen atoms in total. The van der Waals surface area contributed by atoms with E-state index in [1.54, 1.807) is 12.1 Å². The number of quaternary nitrogens is 1. The van der Waals surface area contributed by atoms with Crippen LogP contribution in [0.2, 0.25) is 10.0 Å². The van der Waals surface area contributed by atoms with Crippen molar-refractivity contribution in [2.24, 2.45) is 5.41 Å². The molecule has 112 valence electrons. The van der Waals surface area contributed by atoms with Gasteiger partial charge in [-0.1, -0.05) is 43.1 Å². The van der Waals surface area contributed by atoms with Crippen molar-refractivity contribution in [2.75, 3.05) is 27.2 Å². The van der Waals surface area contributed by atoms with E-state index in [2.05, 4.69) is 33.3 Å². The van der Waals surface area contributed by atoms with Gasteiger partial charge in [0.2, 0.25) is 5.91 Å². The predicted octanol–water partition coefficient (Wildman–Crippen LogP) is 1.82. The number of carbonyl (C=O) groups is 1. The Bertz CT molecular complexity index is 473. The molecule has 0 heterocycles. The predicted molar refractivity (Wildman–Crippen MR) is 84.6 cm³/mol. The summed E-state index contributed by atoms with van der Waals surface area (Å²) in [5, 5.41) is 3.97. The summed E-state index contributed by atoms with van der Waals surface area (Å²) in [6, 6.07) is 5.27. The molecule has 0 aliphatic heterocycles. The molecule has 2 N–H and O–H groups in total. The maximum absolute atomic E-state index is 11.9. The molecule has 0 fully saturated rings. The molecule has 1 aromatic rings. The van der Waals surface area contributed by atoms with Crippen LogP contribution in [0.3, 0.4) is 0 Å². The molecule has 0 saturated heterocycles. The summed E-state index contributed by atoms with van der Waals surface area (Å²) < 4.78 is 0. The Morgan fingerprint density at radius 1 is 1.25 bits per heavy atom. The third-order valence-electron chi connectivity index (χ3n) is 2.94. The Morgan fingerprint density at radius 2 is 1.90 bits per heavy atom. The lowest BCUT2D eigenvalue weighted by molar-refractivity contribution is -0.865. The van der Waals surface area contributed by atoms with E-state index >= 15 is 0 Å². The Balaban J connectivity index is 2.49. The minimum absolute atomic E-state index is 0.00483. The SMILES string of the molecule is C[NH+](C)CC(C)(C)CNC(=O)Cc1ccc(Cl)c(Cl)c1. The van der Waals surface area contributed by atoms with Gasteiger partial charge >= 0.3 is 0 Å². The van der Waals surface area contributed by atoms with Crippen LogP contribution < -0.4 is 10.2 Å². The first kappa shape index (κ1) is 17.3. The monoisotopic (exact) mass is 317 g/mol. The van der Waals surface area contributed by atoms with Gasteiger partial charge in [-0.2, -0.15) is 0 Å². The van der Waals surface area contributed by atoms with Gasteiger partial charge in [-0.3, -0.25) is 4.79 Å². The second-order valence-electron chi connectivity index (χ2n) is 6.25. The van der Waals surface area contributed by atoms with Crippen LogP contribution in [0.5, 0.6) is 0 Å². The lowest BCUT2D eigenvalue weighted by Gasteiger charge is -2.26. The molecule has 0 aliphatic rings. The van der Waals surface area contributed by atoms with Crippen molar-refractivity contribution < 1.29 is 9.69 Å². The third kappa shape index (κ3) is 6.12. The molecule has 1 aromatic carbocycles. The van der Waals surface area contributed by atoms with Crippen LogP contribution in [0.15, 0.2) is 18.2 Å². The smallest absolute Gasteiger partial charge is 0.224 e. The van der Waals surface area contributed by atoms with Gasteiger partial charge in [-0.15, -0.1) is 0 Å². The van der Waals surface area contributed by atoms with Gasteiger partial charge < -0.3 is 10.2 Å². The highest BCUT2D eigenvalue weighted by Gasteiger charge is 2.22. The first-order valence-corrected chi connectivity index (χ1v) is 7.45. The number of carbonyl (C=O) groups excluding carboxylic acids is 1. The molecule has 1 amide bonds. The molecule has 0 unspecified atom stereocenters. The fourth-order valence-corrected chi connectivity index (χ4v) is 2.58. The molecule has 0 spiro atoms. The number of amides is 1. The van der Waals surface area contributed by atoms with Gasteiger partial charge in [0.05, 0.1) is 37.1 Å². The van der Waals surface area contributed by atoms with Crippen molar-refractivity contribution in [2.45, 2.75) is 20.3 Å². The lowest BCUT2D eigenvalue weighted by Crippen LogP contribution is -3.07. The first-order chi connectivity index (χ1) is 9.19. The van der Waals surface area contributed by atoms with Gasteiger partial charge in [0, 0.05) is 12.0 Å². The van der Waals surface area contributed by atoms with Crippen LogP contribution >= 0.6 is 23.2 Å². The molecule has 0 aliphatic carbocycles. The second-order valence-corrected chi connectivity index (χ2v) is 7.06. The van der Waals surface area contributed by atoms with Gasteiger partial charge in [-0.05, 0) is 17.7 Å². The average molecular weight is 318 g/mol. The molecule has 0 bridgehead atoms. The fourth-order valence-electron chi connectivity index (χ4n) is 2.25. The number of nitrogens with one attached hydrogen (secondary N) is 2. The van der Waals surface area contributed by atoms with E-state index in [1.807, 2.05) is 6.07 Å². The van der Waals surface area contributed by atoms with Crippen molar-refractivity contribution >= 4 is 29.1 Å². The summed E-state index contributed by atoms with van der Waals surface area (Å²) in [6.45, 7) is 5.97. The summed E-state index contributed by atoms with van der Waals surface area (Å²) in [4.78, 5) is 13.3. The van der Waals surface area contributed by atoms with Crippen LogP contribution in [0, 0.1) is 5.41 Å². The van der Waals surface area contributed by atoms with E-state index in [0.29, 0.717) is 23.0 Å². The molecule has 0 radical (unpaired) electrons. The number of hydrogen-bond donors (Lipinski definition) is 2.